The van der Waals surface area contributed by atoms with Crippen LogP contribution in [0.2, 0.25) is 0 Å². The lowest BCUT2D eigenvalue weighted by Crippen LogP contribution is -2.59. The fraction of sp³-hybridized carbons (Fsp3) is 0.561. The average molecular weight is 868 g/mol. The van der Waals surface area contributed by atoms with Crippen LogP contribution in [-0.2, 0) is 33.9 Å². The van der Waals surface area contributed by atoms with Gasteiger partial charge >= 0.3 is 6.09 Å². The predicted molar refractivity (Wildman–Crippen MR) is 224 cm³/mol. The van der Waals surface area contributed by atoms with Gasteiger partial charge in [-0.1, -0.05) is 12.2 Å². The van der Waals surface area contributed by atoms with Gasteiger partial charge in [-0.25, -0.2) is 23.2 Å². The van der Waals surface area contributed by atoms with Crippen LogP contribution in [0, 0.1) is 5.92 Å². The number of nitrogens with one attached hydrogen (secondary N) is 4. The number of fused-ring (bicyclic) bond motifs is 3. The number of carbonyl (C=O) groups is 4. The Hall–Kier alpha value is -5.01. The number of benzene rings is 1. The van der Waals surface area contributed by atoms with Crippen LogP contribution >= 0.6 is 11.3 Å². The molecule has 4 aliphatic rings. The molecule has 60 heavy (non-hydrogen) atoms. The van der Waals surface area contributed by atoms with Gasteiger partial charge in [-0.2, -0.15) is 0 Å². The zero-order chi connectivity index (χ0) is 43.0. The maximum atomic E-state index is 14.6. The number of methoxy groups -OCH3 is 1. The van der Waals surface area contributed by atoms with Crippen molar-refractivity contribution >= 4 is 61.1 Å². The van der Waals surface area contributed by atoms with Crippen LogP contribution in [0.15, 0.2) is 41.8 Å². The number of allylic oxidation sites excluding steroid dienone is 1. The van der Waals surface area contributed by atoms with Crippen molar-refractivity contribution in [1.82, 2.24) is 30.2 Å². The molecule has 3 aromatic rings. The SMILES string of the molecule is COc1ccc2c(OC3C[C@H]4C(=O)N[C@]5(C(=O)NS(=O)(=O)C6CC6)CC5/C=C\CCCOC[C@H](NC(=O)OC(C)(C)C)C(=O)N4C3)nc(-c3csc(NC(C)C)n3)cc2c1. The highest BCUT2D eigenvalue weighted by molar-refractivity contribution is 7.91. The van der Waals surface area contributed by atoms with Crippen molar-refractivity contribution in [2.75, 3.05) is 32.2 Å². The molecule has 4 amide bonds. The summed E-state index contributed by atoms with van der Waals surface area (Å²) in [5, 5.41) is 12.2. The number of carbonyl (C=O) groups excluding carboxylic acids is 4. The molecule has 3 fully saturated rings. The van der Waals surface area contributed by atoms with E-state index in [0.717, 1.165) is 10.5 Å². The van der Waals surface area contributed by atoms with Crippen LogP contribution in [0.3, 0.4) is 0 Å². The molecule has 5 atom stereocenters. The first-order valence-electron chi connectivity index (χ1n) is 20.2. The topological polar surface area (TPSA) is 216 Å². The van der Waals surface area contributed by atoms with E-state index in [1.54, 1.807) is 33.9 Å². The summed E-state index contributed by atoms with van der Waals surface area (Å²) in [6.07, 6.45) is 4.18. The zero-order valence-corrected chi connectivity index (χ0v) is 36.2. The molecule has 4 heterocycles. The monoisotopic (exact) mass is 867 g/mol. The summed E-state index contributed by atoms with van der Waals surface area (Å²) in [6.45, 7) is 9.07. The largest absolute Gasteiger partial charge is 0.497 e. The minimum Gasteiger partial charge on any atom is -0.497 e. The third-order valence-corrected chi connectivity index (χ3v) is 13.2. The lowest BCUT2D eigenvalue weighted by Gasteiger charge is -2.30. The number of nitrogens with zero attached hydrogens (tertiary/aromatic N) is 3. The molecular formula is C41H53N7O10S2. The second-order valence-electron chi connectivity index (χ2n) is 17.0. The molecule has 0 radical (unpaired) electrons. The summed E-state index contributed by atoms with van der Waals surface area (Å²) in [6, 6.07) is 5.04. The van der Waals surface area contributed by atoms with Gasteiger partial charge in [0.15, 0.2) is 5.13 Å². The van der Waals surface area contributed by atoms with Crippen LogP contribution in [0.25, 0.3) is 22.2 Å². The van der Waals surface area contributed by atoms with Gasteiger partial charge in [-0.3, -0.25) is 19.1 Å². The van der Waals surface area contributed by atoms with Gasteiger partial charge in [0.25, 0.3) is 5.91 Å². The Bertz CT molecular complexity index is 2270. The Balaban J connectivity index is 1.23. The number of sulfonamides is 1. The number of amides is 4. The quantitative estimate of drug-likeness (QED) is 0.210. The Morgan fingerprint density at radius 2 is 1.90 bits per heavy atom. The molecule has 0 bridgehead atoms. The van der Waals surface area contributed by atoms with E-state index in [9.17, 15) is 27.6 Å². The van der Waals surface area contributed by atoms with E-state index in [1.807, 2.05) is 49.6 Å². The number of pyridine rings is 1. The van der Waals surface area contributed by atoms with Crippen molar-refractivity contribution in [2.45, 2.75) is 114 Å². The Labute approximate surface area is 353 Å². The molecule has 4 N–H and O–H groups in total. The Morgan fingerprint density at radius 3 is 2.62 bits per heavy atom. The summed E-state index contributed by atoms with van der Waals surface area (Å²) in [4.78, 5) is 67.0. The fourth-order valence-corrected chi connectivity index (χ4v) is 9.56. The lowest BCUT2D eigenvalue weighted by molar-refractivity contribution is -0.142. The molecule has 2 aromatic heterocycles. The molecule has 0 spiro atoms. The highest BCUT2D eigenvalue weighted by Gasteiger charge is 2.62. The maximum absolute atomic E-state index is 14.6. The average Bonchev–Trinajstić information content (AvgIpc) is 4.06. The summed E-state index contributed by atoms with van der Waals surface area (Å²) in [5.74, 6) is -1.78. The summed E-state index contributed by atoms with van der Waals surface area (Å²) < 4.78 is 51.6. The molecule has 2 unspecified atom stereocenters. The summed E-state index contributed by atoms with van der Waals surface area (Å²) in [7, 11) is -2.36. The van der Waals surface area contributed by atoms with E-state index in [2.05, 4.69) is 20.7 Å². The number of hydrogen-bond acceptors (Lipinski definition) is 14. The van der Waals surface area contributed by atoms with Gasteiger partial charge in [0.05, 0.1) is 31.2 Å². The Morgan fingerprint density at radius 1 is 1.12 bits per heavy atom. The molecule has 2 aliphatic carbocycles. The number of thiazole rings is 1. The maximum Gasteiger partial charge on any atom is 0.408 e. The smallest absolute Gasteiger partial charge is 0.408 e. The van der Waals surface area contributed by atoms with Crippen LogP contribution < -0.4 is 30.1 Å². The molecule has 324 valence electrons. The van der Waals surface area contributed by atoms with Gasteiger partial charge in [0, 0.05) is 35.8 Å². The molecule has 19 heteroatoms. The number of ether oxygens (including phenoxy) is 4. The van der Waals surface area contributed by atoms with Gasteiger partial charge in [0.1, 0.15) is 40.8 Å². The van der Waals surface area contributed by atoms with E-state index in [0.29, 0.717) is 48.2 Å². The Kier molecular flexibility index (Phi) is 12.3. The molecule has 1 saturated heterocycles. The second-order valence-corrected chi connectivity index (χ2v) is 19.8. The summed E-state index contributed by atoms with van der Waals surface area (Å²) >= 11 is 1.44. The highest BCUT2D eigenvalue weighted by atomic mass is 32.2. The van der Waals surface area contributed by atoms with Crippen LogP contribution in [-0.4, -0.2) is 115 Å². The van der Waals surface area contributed by atoms with Crippen molar-refractivity contribution < 1.29 is 46.5 Å². The minimum absolute atomic E-state index is 0.0289. The van der Waals surface area contributed by atoms with Crippen molar-refractivity contribution in [3.63, 3.8) is 0 Å². The molecule has 1 aromatic carbocycles. The fourth-order valence-electron chi connectivity index (χ4n) is 7.35. The standard InChI is InChI=1S/C41H53N7O10S2/c1-23(2)42-38-44-32(22-59-38)30-17-24-16-26(55-6)11-14-29(24)35(43-30)57-27-18-33-34(49)46-41(37(51)47-60(53,54)28-12-13-28)19-25(41)10-8-7-9-15-56-21-31(36(50)48(33)20-27)45-39(52)58-40(3,4)5/h8,10-11,14,16-17,22-23,25,27-28,31,33H,7,9,12-13,15,18-21H2,1-6H3,(H,42,44)(H,45,52)(H,46,49)(H,47,51)/b10-8-/t25?,27?,31-,33-,41+/m0/s1. The third kappa shape index (κ3) is 9.95. The van der Waals surface area contributed by atoms with E-state index >= 15 is 0 Å². The molecule has 2 saturated carbocycles. The normalized spacial score (nSPS) is 25.6. The van der Waals surface area contributed by atoms with Crippen LogP contribution in [0.1, 0.15) is 73.1 Å². The zero-order valence-electron chi connectivity index (χ0n) is 34.6. The van der Waals surface area contributed by atoms with Crippen molar-refractivity contribution in [3.8, 4) is 23.0 Å². The molecular weight excluding hydrogens is 815 g/mol. The van der Waals surface area contributed by atoms with Gasteiger partial charge in [-0.15, -0.1) is 11.3 Å². The first-order chi connectivity index (χ1) is 28.4. The van der Waals surface area contributed by atoms with Gasteiger partial charge in [-0.05, 0) is 96.4 Å². The van der Waals surface area contributed by atoms with Gasteiger partial charge in [0.2, 0.25) is 27.7 Å². The number of anilines is 1. The van der Waals surface area contributed by atoms with Crippen LogP contribution in [0.4, 0.5) is 9.93 Å². The second kappa shape index (κ2) is 17.2. The lowest BCUT2D eigenvalue weighted by atomic mass is 10.1. The third-order valence-electron chi connectivity index (χ3n) is 10.6. The van der Waals surface area contributed by atoms with Crippen molar-refractivity contribution in [1.29, 1.82) is 0 Å². The van der Waals surface area contributed by atoms with Crippen molar-refractivity contribution in [2.24, 2.45) is 5.92 Å². The van der Waals surface area contributed by atoms with E-state index in [4.69, 9.17) is 28.9 Å². The van der Waals surface area contributed by atoms with E-state index in [1.165, 1.54) is 16.2 Å². The highest BCUT2D eigenvalue weighted by Crippen LogP contribution is 2.46. The molecule has 7 rings (SSSR count). The molecule has 17 nitrogen and oxygen atoms in total. The number of hydrogen-bond donors (Lipinski definition) is 4. The molecule has 2 aliphatic heterocycles. The number of alkyl carbamates (subject to hydrolysis) is 1. The van der Waals surface area contributed by atoms with Crippen molar-refractivity contribution in [3.05, 3.63) is 41.8 Å². The minimum atomic E-state index is -3.93. The first-order valence-corrected chi connectivity index (χ1v) is 22.7. The van der Waals surface area contributed by atoms with Crippen LogP contribution in [0.5, 0.6) is 11.6 Å². The predicted octanol–water partition coefficient (Wildman–Crippen LogP) is 4.28. The van der Waals surface area contributed by atoms with Gasteiger partial charge < -0.3 is 39.8 Å². The summed E-state index contributed by atoms with van der Waals surface area (Å²) in [5.41, 5.74) is -1.28. The van der Waals surface area contributed by atoms with E-state index < -0.39 is 74.3 Å². The first kappa shape index (κ1) is 43.1. The number of rotatable bonds is 10. The van der Waals surface area contributed by atoms with E-state index in [-0.39, 0.29) is 44.5 Å². The number of aromatic nitrogens is 2.